The van der Waals surface area contributed by atoms with Crippen molar-refractivity contribution >= 4 is 21.7 Å². The molecule has 1 N–H and O–H groups in total. The summed E-state index contributed by atoms with van der Waals surface area (Å²) in [6.45, 7) is 1.26. The molecule has 0 heterocycles. The standard InChI is InChI=1S/C15H12F3NO5S/c1-10(20)19-11-5-4-6-12(9-11)24-25(21,22)14-8-3-2-7-13(14)23-15(16,17)18/h2-9H,1H3,(H,19,20). The van der Waals surface area contributed by atoms with Crippen LogP contribution in [0.25, 0.3) is 0 Å². The summed E-state index contributed by atoms with van der Waals surface area (Å²) in [5.41, 5.74) is 0.264. The molecule has 0 saturated heterocycles. The number of carbonyl (C=O) groups excluding carboxylic acids is 1. The Labute approximate surface area is 141 Å². The minimum Gasteiger partial charge on any atom is -0.404 e. The number of alkyl halides is 3. The Balaban J connectivity index is 2.33. The topological polar surface area (TPSA) is 81.7 Å². The van der Waals surface area contributed by atoms with Gasteiger partial charge in [0.05, 0.1) is 0 Å². The Morgan fingerprint density at radius 2 is 1.76 bits per heavy atom. The van der Waals surface area contributed by atoms with Gasteiger partial charge in [-0.05, 0) is 24.3 Å². The van der Waals surface area contributed by atoms with Gasteiger partial charge in [-0.15, -0.1) is 13.2 Å². The van der Waals surface area contributed by atoms with Crippen molar-refractivity contribution in [3.63, 3.8) is 0 Å². The molecular formula is C15H12F3NO5S. The zero-order valence-corrected chi connectivity index (χ0v) is 13.5. The molecular weight excluding hydrogens is 363 g/mol. The summed E-state index contributed by atoms with van der Waals surface area (Å²) < 4.78 is 70.4. The van der Waals surface area contributed by atoms with Crippen molar-refractivity contribution in [3.05, 3.63) is 48.5 Å². The van der Waals surface area contributed by atoms with Crippen LogP contribution in [0.4, 0.5) is 18.9 Å². The molecule has 6 nitrogen and oxygen atoms in total. The number of carbonyl (C=O) groups is 1. The first-order chi connectivity index (χ1) is 11.6. The number of hydrogen-bond acceptors (Lipinski definition) is 5. The highest BCUT2D eigenvalue weighted by molar-refractivity contribution is 7.87. The SMILES string of the molecule is CC(=O)Nc1cccc(OS(=O)(=O)c2ccccc2OC(F)(F)F)c1. The smallest absolute Gasteiger partial charge is 0.404 e. The van der Waals surface area contributed by atoms with Gasteiger partial charge in [0.2, 0.25) is 5.91 Å². The van der Waals surface area contributed by atoms with Crippen molar-refractivity contribution in [3.8, 4) is 11.5 Å². The van der Waals surface area contributed by atoms with Gasteiger partial charge < -0.3 is 14.2 Å². The van der Waals surface area contributed by atoms with E-state index in [-0.39, 0.29) is 17.3 Å². The number of benzene rings is 2. The lowest BCUT2D eigenvalue weighted by atomic mass is 10.3. The molecule has 0 bridgehead atoms. The van der Waals surface area contributed by atoms with Crippen molar-refractivity contribution in [2.45, 2.75) is 18.2 Å². The molecule has 134 valence electrons. The van der Waals surface area contributed by atoms with Gasteiger partial charge in [-0.3, -0.25) is 4.79 Å². The molecule has 0 radical (unpaired) electrons. The van der Waals surface area contributed by atoms with Gasteiger partial charge in [-0.25, -0.2) is 0 Å². The van der Waals surface area contributed by atoms with Crippen LogP contribution >= 0.6 is 0 Å². The number of anilines is 1. The van der Waals surface area contributed by atoms with Gasteiger partial charge in [-0.1, -0.05) is 18.2 Å². The lowest BCUT2D eigenvalue weighted by Crippen LogP contribution is -2.20. The van der Waals surface area contributed by atoms with E-state index in [1.807, 2.05) is 0 Å². The fourth-order valence-corrected chi connectivity index (χ4v) is 2.91. The predicted molar refractivity (Wildman–Crippen MR) is 81.7 cm³/mol. The lowest BCUT2D eigenvalue weighted by molar-refractivity contribution is -0.275. The zero-order valence-electron chi connectivity index (χ0n) is 12.7. The van der Waals surface area contributed by atoms with Crippen LogP contribution in [-0.2, 0) is 14.9 Å². The van der Waals surface area contributed by atoms with Crippen molar-refractivity contribution < 1.29 is 35.3 Å². The summed E-state index contributed by atoms with van der Waals surface area (Å²) in [5.74, 6) is -1.48. The number of amides is 1. The third-order valence-corrected chi connectivity index (χ3v) is 3.99. The number of hydrogen-bond donors (Lipinski definition) is 1. The summed E-state index contributed by atoms with van der Waals surface area (Å²) in [6, 6.07) is 9.59. The normalized spacial score (nSPS) is 11.7. The van der Waals surface area contributed by atoms with Gasteiger partial charge in [-0.2, -0.15) is 8.42 Å². The Bertz CT molecular complexity index is 881. The first-order valence-corrected chi connectivity index (χ1v) is 8.14. The van der Waals surface area contributed by atoms with E-state index in [2.05, 4.69) is 10.1 Å². The van der Waals surface area contributed by atoms with E-state index >= 15 is 0 Å². The highest BCUT2D eigenvalue weighted by Gasteiger charge is 2.34. The number of para-hydroxylation sites is 1. The first-order valence-electron chi connectivity index (χ1n) is 6.74. The van der Waals surface area contributed by atoms with Crippen molar-refractivity contribution in [2.24, 2.45) is 0 Å². The van der Waals surface area contributed by atoms with Crippen LogP contribution in [0.2, 0.25) is 0 Å². The summed E-state index contributed by atoms with van der Waals surface area (Å²) in [7, 11) is -4.60. The van der Waals surface area contributed by atoms with Crippen LogP contribution in [0.1, 0.15) is 6.92 Å². The number of ether oxygens (including phenoxy) is 1. The fourth-order valence-electron chi connectivity index (χ4n) is 1.87. The minimum atomic E-state index is -5.06. The third kappa shape index (κ3) is 5.38. The number of nitrogens with one attached hydrogen (secondary N) is 1. The maximum absolute atomic E-state index is 12.4. The molecule has 1 amide bonds. The van der Waals surface area contributed by atoms with E-state index in [1.165, 1.54) is 43.3 Å². The van der Waals surface area contributed by atoms with Crippen molar-refractivity contribution in [1.82, 2.24) is 0 Å². The Kier molecular flexibility index (Phi) is 5.21. The van der Waals surface area contributed by atoms with E-state index in [1.54, 1.807) is 0 Å². The van der Waals surface area contributed by atoms with E-state index < -0.39 is 27.1 Å². The Morgan fingerprint density at radius 1 is 1.08 bits per heavy atom. The monoisotopic (exact) mass is 375 g/mol. The van der Waals surface area contributed by atoms with E-state index in [0.29, 0.717) is 0 Å². The molecule has 0 saturated carbocycles. The second-order valence-electron chi connectivity index (χ2n) is 4.74. The van der Waals surface area contributed by atoms with Gasteiger partial charge in [0.15, 0.2) is 5.75 Å². The van der Waals surface area contributed by atoms with Gasteiger partial charge in [0.1, 0.15) is 10.6 Å². The molecule has 0 aromatic heterocycles. The summed E-state index contributed by atoms with van der Waals surface area (Å²) in [6.07, 6.45) is -5.06. The van der Waals surface area contributed by atoms with E-state index in [9.17, 15) is 26.4 Å². The van der Waals surface area contributed by atoms with Gasteiger partial charge in [0.25, 0.3) is 0 Å². The second kappa shape index (κ2) is 7.01. The molecule has 2 rings (SSSR count). The quantitative estimate of drug-likeness (QED) is 0.811. The van der Waals surface area contributed by atoms with Gasteiger partial charge in [0, 0.05) is 18.7 Å². The summed E-state index contributed by atoms with van der Waals surface area (Å²) in [5, 5.41) is 2.43. The molecule has 0 spiro atoms. The molecule has 25 heavy (non-hydrogen) atoms. The minimum absolute atomic E-state index is 0.187. The van der Waals surface area contributed by atoms with Crippen molar-refractivity contribution in [2.75, 3.05) is 5.32 Å². The van der Waals surface area contributed by atoms with E-state index in [0.717, 1.165) is 12.1 Å². The third-order valence-electron chi connectivity index (χ3n) is 2.70. The second-order valence-corrected chi connectivity index (χ2v) is 6.26. The van der Waals surface area contributed by atoms with Gasteiger partial charge >= 0.3 is 16.5 Å². The van der Waals surface area contributed by atoms with Crippen LogP contribution in [0.3, 0.4) is 0 Å². The number of halogens is 3. The molecule has 0 unspecified atom stereocenters. The fraction of sp³-hybridized carbons (Fsp3) is 0.133. The zero-order chi connectivity index (χ0) is 18.7. The maximum Gasteiger partial charge on any atom is 0.573 e. The largest absolute Gasteiger partial charge is 0.573 e. The molecule has 2 aromatic rings. The molecule has 10 heteroatoms. The maximum atomic E-state index is 12.4. The molecule has 0 atom stereocenters. The highest BCUT2D eigenvalue weighted by Crippen LogP contribution is 2.31. The average molecular weight is 375 g/mol. The Hall–Kier alpha value is -2.75. The number of rotatable bonds is 5. The molecule has 0 aliphatic rings. The summed E-state index contributed by atoms with van der Waals surface area (Å²) in [4.78, 5) is 10.2. The van der Waals surface area contributed by atoms with E-state index in [4.69, 9.17) is 4.18 Å². The van der Waals surface area contributed by atoms with Crippen LogP contribution in [-0.4, -0.2) is 20.7 Å². The average Bonchev–Trinajstić information content (AvgIpc) is 2.45. The lowest BCUT2D eigenvalue weighted by Gasteiger charge is -2.14. The molecule has 0 aliphatic carbocycles. The van der Waals surface area contributed by atoms with Crippen molar-refractivity contribution in [1.29, 1.82) is 0 Å². The Morgan fingerprint density at radius 3 is 2.40 bits per heavy atom. The van der Waals surface area contributed by atoms with Crippen LogP contribution in [0.5, 0.6) is 11.5 Å². The molecule has 0 fully saturated rings. The molecule has 2 aromatic carbocycles. The molecule has 0 aliphatic heterocycles. The highest BCUT2D eigenvalue weighted by atomic mass is 32.2. The first kappa shape index (κ1) is 18.6. The van der Waals surface area contributed by atoms with Crippen LogP contribution in [0, 0.1) is 0 Å². The van der Waals surface area contributed by atoms with Crippen LogP contribution in [0.15, 0.2) is 53.4 Å². The summed E-state index contributed by atoms with van der Waals surface area (Å²) >= 11 is 0. The van der Waals surface area contributed by atoms with Crippen LogP contribution < -0.4 is 14.2 Å². The predicted octanol–water partition coefficient (Wildman–Crippen LogP) is 3.31.